The van der Waals surface area contributed by atoms with Gasteiger partial charge in [0.15, 0.2) is 0 Å². The van der Waals surface area contributed by atoms with Crippen LogP contribution in [-0.4, -0.2) is 14.5 Å². The maximum atomic E-state index is 13.4. The summed E-state index contributed by atoms with van der Waals surface area (Å²) in [7, 11) is -3.63. The van der Waals surface area contributed by atoms with Gasteiger partial charge in [0, 0.05) is 15.9 Å². The lowest BCUT2D eigenvalue weighted by Gasteiger charge is -2.25. The minimum absolute atomic E-state index is 0.0881. The molecule has 0 saturated carbocycles. The molecule has 1 aliphatic rings. The van der Waals surface area contributed by atoms with Crippen molar-refractivity contribution in [2.24, 2.45) is 0 Å². The molecule has 0 aromatic heterocycles. The number of anilines is 1. The highest BCUT2D eigenvalue weighted by Crippen LogP contribution is 2.39. The first-order chi connectivity index (χ1) is 11.5. The zero-order valence-electron chi connectivity index (χ0n) is 13.1. The molecule has 0 N–H and O–H groups in total. The van der Waals surface area contributed by atoms with E-state index in [1.807, 2.05) is 61.5 Å². The van der Waals surface area contributed by atoms with Gasteiger partial charge in [0.2, 0.25) is 0 Å². The van der Waals surface area contributed by atoms with Crippen LogP contribution in [0.1, 0.15) is 12.5 Å². The van der Waals surface area contributed by atoms with E-state index in [1.165, 1.54) is 0 Å². The molecule has 122 valence electrons. The summed E-state index contributed by atoms with van der Waals surface area (Å²) in [5.41, 5.74) is 1.87. The van der Waals surface area contributed by atoms with Crippen molar-refractivity contribution in [2.75, 3.05) is 4.31 Å². The van der Waals surface area contributed by atoms with E-state index in [9.17, 15) is 8.42 Å². The molecule has 1 heterocycles. The van der Waals surface area contributed by atoms with E-state index in [2.05, 4.69) is 15.9 Å². The minimum atomic E-state index is -3.63. The fourth-order valence-corrected chi connectivity index (χ4v) is 5.84. The Morgan fingerprint density at radius 1 is 0.958 bits per heavy atom. The molecule has 0 fully saturated rings. The Kier molecular flexibility index (Phi) is 3.66. The third-order valence-electron chi connectivity index (χ3n) is 4.51. The Morgan fingerprint density at radius 2 is 1.62 bits per heavy atom. The SMILES string of the molecule is C[C@H]1Cc2ccccc2N1S(=O)(=O)c1ccc(Br)c2ccccc12. The van der Waals surface area contributed by atoms with Crippen LogP contribution in [0.2, 0.25) is 0 Å². The number of hydrogen-bond donors (Lipinski definition) is 0. The minimum Gasteiger partial charge on any atom is -0.263 e. The van der Waals surface area contributed by atoms with Crippen LogP contribution in [0.3, 0.4) is 0 Å². The molecule has 1 aliphatic heterocycles. The van der Waals surface area contributed by atoms with Crippen LogP contribution in [0.5, 0.6) is 0 Å². The second-order valence-corrected chi connectivity index (χ2v) is 8.71. The number of rotatable bonds is 2. The lowest BCUT2D eigenvalue weighted by atomic mass is 10.1. The molecule has 5 heteroatoms. The topological polar surface area (TPSA) is 37.4 Å². The number of nitrogens with zero attached hydrogens (tertiary/aromatic N) is 1. The number of hydrogen-bond acceptors (Lipinski definition) is 2. The molecule has 3 aromatic carbocycles. The van der Waals surface area contributed by atoms with Crippen LogP contribution in [-0.2, 0) is 16.4 Å². The molecule has 0 aliphatic carbocycles. The number of halogens is 1. The number of sulfonamides is 1. The molecular weight excluding hydrogens is 386 g/mol. The smallest absolute Gasteiger partial charge is 0.263 e. The first kappa shape index (κ1) is 15.7. The Bertz CT molecular complexity index is 1050. The molecule has 0 amide bonds. The van der Waals surface area contributed by atoms with E-state index >= 15 is 0 Å². The quantitative estimate of drug-likeness (QED) is 0.621. The lowest BCUT2D eigenvalue weighted by Crippen LogP contribution is -2.35. The second kappa shape index (κ2) is 5.60. The van der Waals surface area contributed by atoms with Gasteiger partial charge in [0.1, 0.15) is 0 Å². The van der Waals surface area contributed by atoms with Crippen LogP contribution in [0, 0.1) is 0 Å². The summed E-state index contributed by atoms with van der Waals surface area (Å²) >= 11 is 3.51. The summed E-state index contributed by atoms with van der Waals surface area (Å²) in [6.07, 6.45) is 0.740. The summed E-state index contributed by atoms with van der Waals surface area (Å²) in [5, 5.41) is 1.64. The first-order valence-corrected chi connectivity index (χ1v) is 10.0. The van der Waals surface area contributed by atoms with Crippen molar-refractivity contribution in [3.8, 4) is 0 Å². The van der Waals surface area contributed by atoms with Crippen molar-refractivity contribution in [1.29, 1.82) is 0 Å². The van der Waals surface area contributed by atoms with Gasteiger partial charge in [-0.15, -0.1) is 0 Å². The van der Waals surface area contributed by atoms with Crippen LogP contribution in [0.25, 0.3) is 10.8 Å². The maximum absolute atomic E-state index is 13.4. The molecular formula is C19H16BrNO2S. The van der Waals surface area contributed by atoms with E-state index in [-0.39, 0.29) is 6.04 Å². The predicted octanol–water partition coefficient (Wildman–Crippen LogP) is 4.74. The van der Waals surface area contributed by atoms with E-state index < -0.39 is 10.0 Å². The van der Waals surface area contributed by atoms with Gasteiger partial charge < -0.3 is 0 Å². The highest BCUT2D eigenvalue weighted by atomic mass is 79.9. The molecule has 0 unspecified atom stereocenters. The van der Waals surface area contributed by atoms with Crippen LogP contribution < -0.4 is 4.31 Å². The maximum Gasteiger partial charge on any atom is 0.265 e. The van der Waals surface area contributed by atoms with E-state index in [0.717, 1.165) is 32.9 Å². The predicted molar refractivity (Wildman–Crippen MR) is 101 cm³/mol. The summed E-state index contributed by atoms with van der Waals surface area (Å²) in [5.74, 6) is 0. The van der Waals surface area contributed by atoms with Gasteiger partial charge in [0.05, 0.1) is 10.6 Å². The van der Waals surface area contributed by atoms with Gasteiger partial charge in [-0.2, -0.15) is 0 Å². The third-order valence-corrected chi connectivity index (χ3v) is 7.19. The fourth-order valence-electron chi connectivity index (χ4n) is 3.47. The van der Waals surface area contributed by atoms with Crippen molar-refractivity contribution < 1.29 is 8.42 Å². The van der Waals surface area contributed by atoms with E-state index in [1.54, 1.807) is 10.4 Å². The van der Waals surface area contributed by atoms with Crippen molar-refractivity contribution in [3.63, 3.8) is 0 Å². The molecule has 3 aromatic rings. The van der Waals surface area contributed by atoms with Gasteiger partial charge in [-0.3, -0.25) is 4.31 Å². The Morgan fingerprint density at radius 3 is 2.42 bits per heavy atom. The van der Waals surface area contributed by atoms with Gasteiger partial charge in [-0.1, -0.05) is 58.4 Å². The van der Waals surface area contributed by atoms with Crippen molar-refractivity contribution in [1.82, 2.24) is 0 Å². The molecule has 1 atom stereocenters. The van der Waals surface area contributed by atoms with E-state index in [4.69, 9.17) is 0 Å². The Balaban J connectivity index is 1.96. The molecule has 0 bridgehead atoms. The summed E-state index contributed by atoms with van der Waals surface area (Å²) in [6.45, 7) is 1.96. The molecule has 0 saturated heterocycles. The normalized spacial score (nSPS) is 17.2. The molecule has 24 heavy (non-hydrogen) atoms. The highest BCUT2D eigenvalue weighted by Gasteiger charge is 2.36. The van der Waals surface area contributed by atoms with Crippen molar-refractivity contribution in [3.05, 3.63) is 70.7 Å². The average Bonchev–Trinajstić information content (AvgIpc) is 2.91. The zero-order chi connectivity index (χ0) is 16.9. The summed E-state index contributed by atoms with van der Waals surface area (Å²) < 4.78 is 29.3. The average molecular weight is 402 g/mol. The van der Waals surface area contributed by atoms with Gasteiger partial charge in [-0.25, -0.2) is 8.42 Å². The van der Waals surface area contributed by atoms with Gasteiger partial charge >= 0.3 is 0 Å². The monoisotopic (exact) mass is 401 g/mol. The summed E-state index contributed by atoms with van der Waals surface area (Å²) in [6, 6.07) is 18.7. The Hall–Kier alpha value is -1.85. The zero-order valence-corrected chi connectivity index (χ0v) is 15.5. The third kappa shape index (κ3) is 2.26. The van der Waals surface area contributed by atoms with Crippen LogP contribution >= 0.6 is 15.9 Å². The fraction of sp³-hybridized carbons (Fsp3) is 0.158. The van der Waals surface area contributed by atoms with Crippen molar-refractivity contribution >= 4 is 42.4 Å². The lowest BCUT2D eigenvalue weighted by molar-refractivity contribution is 0.585. The summed E-state index contributed by atoms with van der Waals surface area (Å²) in [4.78, 5) is 0.352. The molecule has 4 rings (SSSR count). The molecule has 3 nitrogen and oxygen atoms in total. The first-order valence-electron chi connectivity index (χ1n) is 7.80. The molecule has 0 spiro atoms. The number of para-hydroxylation sites is 1. The van der Waals surface area contributed by atoms with Gasteiger partial charge in [0.25, 0.3) is 10.0 Å². The second-order valence-electron chi connectivity index (χ2n) is 6.07. The van der Waals surface area contributed by atoms with Crippen LogP contribution in [0.15, 0.2) is 70.0 Å². The number of fused-ring (bicyclic) bond motifs is 2. The Labute approximate surface area is 150 Å². The number of benzene rings is 3. The van der Waals surface area contributed by atoms with Gasteiger partial charge in [-0.05, 0) is 42.5 Å². The molecule has 0 radical (unpaired) electrons. The van der Waals surface area contributed by atoms with Crippen LogP contribution in [0.4, 0.5) is 5.69 Å². The largest absolute Gasteiger partial charge is 0.265 e. The standard InChI is InChI=1S/C19H16BrNO2S/c1-13-12-14-6-2-5-9-18(14)21(13)24(22,23)19-11-10-17(20)15-7-3-4-8-16(15)19/h2-11,13H,12H2,1H3/t13-/m0/s1. The van der Waals surface area contributed by atoms with E-state index in [0.29, 0.717) is 4.90 Å². The van der Waals surface area contributed by atoms with Crippen molar-refractivity contribution in [2.45, 2.75) is 24.3 Å². The highest BCUT2D eigenvalue weighted by molar-refractivity contribution is 9.10.